The number of carboxylic acid groups (broad SMARTS) is 1. The number of fused-ring (bicyclic) bond motifs is 1. The van der Waals surface area contributed by atoms with Gasteiger partial charge in [-0.2, -0.15) is 0 Å². The highest BCUT2D eigenvalue weighted by Gasteiger charge is 2.41. The Balaban J connectivity index is 1.85. The minimum Gasteiger partial charge on any atom is -0.493 e. The van der Waals surface area contributed by atoms with Crippen molar-refractivity contribution < 1.29 is 42.9 Å². The Morgan fingerprint density at radius 1 is 1.16 bits per heavy atom. The second-order valence-electron chi connectivity index (χ2n) is 11.1. The smallest absolute Gasteiger partial charge is 0.313 e. The van der Waals surface area contributed by atoms with Crippen LogP contribution in [0.1, 0.15) is 62.5 Å². The minimum atomic E-state index is -1.12. The number of nitrogens with zero attached hydrogens (tertiary/aromatic N) is 2. The number of halogens is 1. The number of carboxylic acids is 1. The first kappa shape index (κ1) is 31.8. The lowest BCUT2D eigenvalue weighted by Crippen LogP contribution is -2.46. The van der Waals surface area contributed by atoms with Gasteiger partial charge >= 0.3 is 11.9 Å². The van der Waals surface area contributed by atoms with Crippen molar-refractivity contribution >= 4 is 35.1 Å². The maximum absolute atomic E-state index is 14.4. The molecular formula is C31H35ClN2O9. The molecule has 1 aliphatic rings. The van der Waals surface area contributed by atoms with Crippen LogP contribution in [-0.2, 0) is 30.3 Å². The molecular weight excluding hydrogens is 580 g/mol. The molecule has 1 N–H and O–H groups in total. The van der Waals surface area contributed by atoms with Gasteiger partial charge in [0.1, 0.15) is 23.9 Å². The number of methoxy groups -OCH3 is 2. The molecule has 12 heteroatoms. The number of para-hydroxylation sites is 1. The SMILES string of the molecule is COc1cccc([C@H]2O[C@H](Cc3ncc(C(C)C(=O)O)o3)C(=O)N(CC(C)(C)COC(C)=O)c3ccc(Cl)cc32)c1OC. The summed E-state index contributed by atoms with van der Waals surface area (Å²) >= 11 is 6.50. The average Bonchev–Trinajstić information content (AvgIpc) is 3.40. The fourth-order valence-corrected chi connectivity index (χ4v) is 5.08. The quantitative estimate of drug-likeness (QED) is 0.287. The summed E-state index contributed by atoms with van der Waals surface area (Å²) in [6, 6.07) is 10.5. The third kappa shape index (κ3) is 7.11. The third-order valence-electron chi connectivity index (χ3n) is 7.10. The number of carbonyl (C=O) groups is 3. The van der Waals surface area contributed by atoms with Crippen molar-refractivity contribution in [3.8, 4) is 11.5 Å². The summed E-state index contributed by atoms with van der Waals surface area (Å²) in [5, 5.41) is 9.83. The van der Waals surface area contributed by atoms with Gasteiger partial charge < -0.3 is 33.4 Å². The average molecular weight is 615 g/mol. The molecule has 1 amide bonds. The van der Waals surface area contributed by atoms with Crippen molar-refractivity contribution in [2.75, 3.05) is 32.3 Å². The Kier molecular flexibility index (Phi) is 9.66. The van der Waals surface area contributed by atoms with Gasteiger partial charge in [-0.05, 0) is 31.2 Å². The lowest BCUT2D eigenvalue weighted by atomic mass is 9.92. The zero-order valence-corrected chi connectivity index (χ0v) is 25.6. The summed E-state index contributed by atoms with van der Waals surface area (Å²) in [5.41, 5.74) is 1.10. The topological polar surface area (TPSA) is 138 Å². The van der Waals surface area contributed by atoms with E-state index in [0.717, 1.165) is 0 Å². The summed E-state index contributed by atoms with van der Waals surface area (Å²) in [4.78, 5) is 43.3. The number of ether oxygens (including phenoxy) is 4. The molecule has 43 heavy (non-hydrogen) atoms. The van der Waals surface area contributed by atoms with Crippen LogP contribution in [0.5, 0.6) is 11.5 Å². The van der Waals surface area contributed by atoms with E-state index in [2.05, 4.69) is 4.98 Å². The van der Waals surface area contributed by atoms with E-state index >= 15 is 0 Å². The van der Waals surface area contributed by atoms with Crippen LogP contribution < -0.4 is 14.4 Å². The van der Waals surface area contributed by atoms with Gasteiger partial charge in [0.15, 0.2) is 17.4 Å². The first-order chi connectivity index (χ1) is 20.3. The molecule has 3 aromatic rings. The van der Waals surface area contributed by atoms with Crippen molar-refractivity contribution in [3.05, 3.63) is 70.4 Å². The third-order valence-corrected chi connectivity index (χ3v) is 7.34. The Hall–Kier alpha value is -4.09. The molecule has 3 atom stereocenters. The van der Waals surface area contributed by atoms with Crippen molar-refractivity contribution in [1.82, 2.24) is 4.98 Å². The molecule has 0 saturated carbocycles. The predicted molar refractivity (Wildman–Crippen MR) is 157 cm³/mol. The molecule has 0 fully saturated rings. The minimum absolute atomic E-state index is 0.0733. The first-order valence-corrected chi connectivity index (χ1v) is 14.0. The largest absolute Gasteiger partial charge is 0.493 e. The molecule has 0 aliphatic carbocycles. The summed E-state index contributed by atoms with van der Waals surface area (Å²) in [5.74, 6) is -1.62. The van der Waals surface area contributed by atoms with E-state index in [1.165, 1.54) is 34.3 Å². The molecule has 2 aromatic carbocycles. The van der Waals surface area contributed by atoms with E-state index in [-0.39, 0.29) is 31.2 Å². The van der Waals surface area contributed by atoms with Gasteiger partial charge in [-0.1, -0.05) is 37.6 Å². The van der Waals surface area contributed by atoms with Crippen LogP contribution >= 0.6 is 11.6 Å². The van der Waals surface area contributed by atoms with Crippen LogP contribution in [0.25, 0.3) is 0 Å². The van der Waals surface area contributed by atoms with Gasteiger partial charge in [-0.15, -0.1) is 0 Å². The van der Waals surface area contributed by atoms with Gasteiger partial charge in [-0.25, -0.2) is 4.98 Å². The highest BCUT2D eigenvalue weighted by atomic mass is 35.5. The lowest BCUT2D eigenvalue weighted by molar-refractivity contribution is -0.144. The van der Waals surface area contributed by atoms with Gasteiger partial charge in [-0.3, -0.25) is 14.4 Å². The van der Waals surface area contributed by atoms with Gasteiger partial charge in [0.05, 0.1) is 33.4 Å². The highest BCUT2D eigenvalue weighted by molar-refractivity contribution is 6.30. The van der Waals surface area contributed by atoms with Crippen molar-refractivity contribution in [2.24, 2.45) is 5.41 Å². The number of hydrogen-bond donors (Lipinski definition) is 1. The number of aliphatic carboxylic acids is 1. The summed E-state index contributed by atoms with van der Waals surface area (Å²) in [6.45, 7) is 6.83. The van der Waals surface area contributed by atoms with Crippen LogP contribution in [0, 0.1) is 5.41 Å². The molecule has 0 saturated heterocycles. The van der Waals surface area contributed by atoms with Crippen molar-refractivity contribution in [3.63, 3.8) is 0 Å². The monoisotopic (exact) mass is 614 g/mol. The van der Waals surface area contributed by atoms with E-state index in [9.17, 15) is 19.5 Å². The van der Waals surface area contributed by atoms with Crippen LogP contribution in [0.3, 0.4) is 0 Å². The molecule has 4 rings (SSSR count). The van der Waals surface area contributed by atoms with E-state index in [1.54, 1.807) is 35.2 Å². The second kappa shape index (κ2) is 13.0. The lowest BCUT2D eigenvalue weighted by Gasteiger charge is -2.33. The van der Waals surface area contributed by atoms with E-state index in [1.807, 2.05) is 19.9 Å². The summed E-state index contributed by atoms with van der Waals surface area (Å²) in [7, 11) is 3.04. The predicted octanol–water partition coefficient (Wildman–Crippen LogP) is 5.19. The Labute approximate surface area is 254 Å². The maximum atomic E-state index is 14.4. The number of carbonyl (C=O) groups excluding carboxylic acids is 2. The first-order valence-electron chi connectivity index (χ1n) is 13.6. The standard InChI is InChI=1S/C31H35ClN2O9/c1-17(30(37)38)25-14-33-26(42-25)13-24-29(36)34(15-31(3,4)16-41-18(2)35)22-11-10-19(32)12-21(22)27(43-24)20-8-7-9-23(39-5)28(20)40-6/h7-12,14,17,24,27H,13,15-16H2,1-6H3,(H,37,38)/t17?,24-,27-/m1/s1. The zero-order chi connectivity index (χ0) is 31.5. The number of hydrogen-bond acceptors (Lipinski definition) is 9. The highest BCUT2D eigenvalue weighted by Crippen LogP contribution is 2.45. The molecule has 1 unspecified atom stereocenters. The molecule has 230 valence electrons. The van der Waals surface area contributed by atoms with Gasteiger partial charge in [0.2, 0.25) is 0 Å². The molecule has 0 bridgehead atoms. The van der Waals surface area contributed by atoms with Gasteiger partial charge in [0.25, 0.3) is 5.91 Å². The number of benzene rings is 2. The Morgan fingerprint density at radius 2 is 1.91 bits per heavy atom. The maximum Gasteiger partial charge on any atom is 0.313 e. The van der Waals surface area contributed by atoms with E-state index in [4.69, 9.17) is 35.0 Å². The van der Waals surface area contributed by atoms with Crippen LogP contribution in [-0.4, -0.2) is 61.4 Å². The number of esters is 1. The molecule has 0 radical (unpaired) electrons. The fraction of sp³-hybridized carbons (Fsp3) is 0.419. The number of amides is 1. The van der Waals surface area contributed by atoms with E-state index < -0.39 is 41.4 Å². The molecule has 1 aromatic heterocycles. The Morgan fingerprint density at radius 3 is 2.56 bits per heavy atom. The molecule has 2 heterocycles. The van der Waals surface area contributed by atoms with Crippen molar-refractivity contribution in [2.45, 2.75) is 52.2 Å². The summed E-state index contributed by atoms with van der Waals surface area (Å²) < 4.78 is 28.9. The second-order valence-corrected chi connectivity index (χ2v) is 11.5. The number of oxazole rings is 1. The van der Waals surface area contributed by atoms with E-state index in [0.29, 0.717) is 33.3 Å². The number of rotatable bonds is 11. The van der Waals surface area contributed by atoms with Crippen LogP contribution in [0.2, 0.25) is 5.02 Å². The molecule has 0 spiro atoms. The van der Waals surface area contributed by atoms with Crippen LogP contribution in [0.4, 0.5) is 5.69 Å². The van der Waals surface area contributed by atoms with Crippen molar-refractivity contribution in [1.29, 1.82) is 0 Å². The van der Waals surface area contributed by atoms with Crippen LogP contribution in [0.15, 0.2) is 47.0 Å². The molecule has 11 nitrogen and oxygen atoms in total. The number of anilines is 1. The Bertz CT molecular complexity index is 1500. The number of aromatic nitrogens is 1. The molecule has 1 aliphatic heterocycles. The normalized spacial score (nSPS) is 17.6. The summed E-state index contributed by atoms with van der Waals surface area (Å²) in [6.07, 6.45) is -0.715. The fourth-order valence-electron chi connectivity index (χ4n) is 4.90. The van der Waals surface area contributed by atoms with Gasteiger partial charge in [0, 0.05) is 40.7 Å². The zero-order valence-electron chi connectivity index (χ0n) is 24.9.